The van der Waals surface area contributed by atoms with E-state index in [0.29, 0.717) is 16.6 Å². The Bertz CT molecular complexity index is 1230. The van der Waals surface area contributed by atoms with Crippen molar-refractivity contribution >= 4 is 40.7 Å². The van der Waals surface area contributed by atoms with Gasteiger partial charge in [-0.25, -0.2) is 14.8 Å². The summed E-state index contributed by atoms with van der Waals surface area (Å²) in [6.45, 7) is 1.48. The van der Waals surface area contributed by atoms with Crippen LogP contribution in [0.25, 0.3) is 11.3 Å². The molecule has 2 aromatic heterocycles. The number of hydrogen-bond acceptors (Lipinski definition) is 8. The Morgan fingerprint density at radius 2 is 2.12 bits per heavy atom. The van der Waals surface area contributed by atoms with E-state index < -0.39 is 18.5 Å². The van der Waals surface area contributed by atoms with Crippen molar-refractivity contribution in [2.75, 3.05) is 18.2 Å². The molecule has 1 fully saturated rings. The second-order valence-electron chi connectivity index (χ2n) is 7.32. The quantitative estimate of drug-likeness (QED) is 0.396. The molecule has 0 saturated heterocycles. The summed E-state index contributed by atoms with van der Waals surface area (Å²) in [7, 11) is 0. The SMILES string of the molecule is CSc1nc(C2CC2)cc(C(=O)OCC(=O)Nc2cccc(-c3csc(C)n3)c2)c1C#N. The molecule has 0 aliphatic heterocycles. The number of nitrogens with zero attached hydrogens (tertiary/aromatic N) is 3. The van der Waals surface area contributed by atoms with Crippen LogP contribution >= 0.6 is 23.1 Å². The van der Waals surface area contributed by atoms with Crippen molar-refractivity contribution < 1.29 is 14.3 Å². The number of aromatic nitrogens is 2. The molecule has 0 atom stereocenters. The van der Waals surface area contributed by atoms with E-state index in [-0.39, 0.29) is 11.1 Å². The average Bonchev–Trinajstić information content (AvgIpc) is 3.56. The summed E-state index contributed by atoms with van der Waals surface area (Å²) < 4.78 is 5.23. The summed E-state index contributed by atoms with van der Waals surface area (Å²) in [6.07, 6.45) is 3.84. The highest BCUT2D eigenvalue weighted by atomic mass is 32.2. The Morgan fingerprint density at radius 3 is 2.78 bits per heavy atom. The molecule has 0 spiro atoms. The first-order valence-corrected chi connectivity index (χ1v) is 12.1. The molecule has 7 nitrogen and oxygen atoms in total. The maximum Gasteiger partial charge on any atom is 0.340 e. The van der Waals surface area contributed by atoms with Crippen LogP contribution in [-0.2, 0) is 9.53 Å². The number of esters is 1. The molecule has 9 heteroatoms. The molecule has 2 heterocycles. The van der Waals surface area contributed by atoms with Gasteiger partial charge in [0.05, 0.1) is 21.8 Å². The molecular formula is C23H20N4O3S2. The number of amides is 1. The summed E-state index contributed by atoms with van der Waals surface area (Å²) in [5.74, 6) is -0.856. The van der Waals surface area contributed by atoms with Gasteiger partial charge in [0.1, 0.15) is 11.1 Å². The van der Waals surface area contributed by atoms with Crippen LogP contribution in [0.1, 0.15) is 45.4 Å². The number of ether oxygens (including phenoxy) is 1. The number of thioether (sulfide) groups is 1. The number of nitrogens with one attached hydrogen (secondary N) is 1. The van der Waals surface area contributed by atoms with Crippen LogP contribution in [0.15, 0.2) is 40.7 Å². The first-order valence-electron chi connectivity index (χ1n) is 9.97. The predicted molar refractivity (Wildman–Crippen MR) is 124 cm³/mol. The van der Waals surface area contributed by atoms with E-state index in [4.69, 9.17) is 4.74 Å². The minimum atomic E-state index is -0.706. The maximum absolute atomic E-state index is 12.7. The standard InChI is InChI=1S/C23H20N4O3S2/c1-13-25-20(12-32-13)15-4-3-5-16(8-15)26-21(28)11-30-23(29)17-9-19(14-6-7-14)27-22(31-2)18(17)10-24/h3-5,8-9,12,14H,6-7,11H2,1-2H3,(H,26,28). The monoisotopic (exact) mass is 464 g/mol. The second kappa shape index (κ2) is 9.51. The van der Waals surface area contributed by atoms with E-state index in [1.165, 1.54) is 11.8 Å². The van der Waals surface area contributed by atoms with Crippen molar-refractivity contribution in [3.05, 3.63) is 57.5 Å². The zero-order valence-corrected chi connectivity index (χ0v) is 19.2. The van der Waals surface area contributed by atoms with Crippen LogP contribution in [0.2, 0.25) is 0 Å². The van der Waals surface area contributed by atoms with Crippen molar-refractivity contribution in [3.63, 3.8) is 0 Å². The number of carbonyl (C=O) groups is 2. The van der Waals surface area contributed by atoms with E-state index in [1.807, 2.05) is 42.8 Å². The topological polar surface area (TPSA) is 105 Å². The zero-order valence-electron chi connectivity index (χ0n) is 17.5. The third kappa shape index (κ3) is 4.98. The second-order valence-corrected chi connectivity index (χ2v) is 9.18. The third-order valence-electron chi connectivity index (χ3n) is 4.92. The Balaban J connectivity index is 1.43. The van der Waals surface area contributed by atoms with Crippen LogP contribution in [0, 0.1) is 18.3 Å². The molecule has 0 bridgehead atoms. The lowest BCUT2D eigenvalue weighted by Crippen LogP contribution is -2.21. The highest BCUT2D eigenvalue weighted by Crippen LogP contribution is 2.40. The fourth-order valence-corrected chi connectivity index (χ4v) is 4.38. The van der Waals surface area contributed by atoms with Gasteiger partial charge in [-0.15, -0.1) is 23.1 Å². The van der Waals surface area contributed by atoms with Gasteiger partial charge in [0.15, 0.2) is 6.61 Å². The fraction of sp³-hybridized carbons (Fsp3) is 0.261. The summed E-state index contributed by atoms with van der Waals surface area (Å²) in [5.41, 5.74) is 3.43. The molecule has 4 rings (SSSR count). The molecule has 1 aromatic carbocycles. The summed E-state index contributed by atoms with van der Waals surface area (Å²) in [6, 6.07) is 11.0. The molecule has 32 heavy (non-hydrogen) atoms. The number of aryl methyl sites for hydroxylation is 1. The number of anilines is 1. The van der Waals surface area contributed by atoms with Crippen LogP contribution in [0.5, 0.6) is 0 Å². The van der Waals surface area contributed by atoms with Gasteiger partial charge >= 0.3 is 5.97 Å². The normalized spacial score (nSPS) is 12.8. The summed E-state index contributed by atoms with van der Waals surface area (Å²) >= 11 is 2.87. The number of nitriles is 1. The van der Waals surface area contributed by atoms with Crippen LogP contribution in [0.4, 0.5) is 5.69 Å². The van der Waals surface area contributed by atoms with E-state index in [1.54, 1.807) is 23.5 Å². The number of pyridine rings is 1. The lowest BCUT2D eigenvalue weighted by molar-refractivity contribution is -0.119. The Hall–Kier alpha value is -3.22. The zero-order chi connectivity index (χ0) is 22.7. The lowest BCUT2D eigenvalue weighted by atomic mass is 10.1. The van der Waals surface area contributed by atoms with Crippen molar-refractivity contribution in [3.8, 4) is 17.3 Å². The largest absolute Gasteiger partial charge is 0.452 e. The van der Waals surface area contributed by atoms with Gasteiger partial charge in [-0.2, -0.15) is 5.26 Å². The number of benzene rings is 1. The molecule has 0 radical (unpaired) electrons. The highest BCUT2D eigenvalue weighted by molar-refractivity contribution is 7.98. The molecule has 1 N–H and O–H groups in total. The summed E-state index contributed by atoms with van der Waals surface area (Å²) in [5, 5.41) is 15.7. The smallest absolute Gasteiger partial charge is 0.340 e. The number of rotatable bonds is 7. The molecule has 1 aliphatic carbocycles. The third-order valence-corrected chi connectivity index (χ3v) is 6.38. The van der Waals surface area contributed by atoms with Crippen LogP contribution in [0.3, 0.4) is 0 Å². The minimum Gasteiger partial charge on any atom is -0.452 e. The van der Waals surface area contributed by atoms with Crippen LogP contribution in [-0.4, -0.2) is 34.7 Å². The van der Waals surface area contributed by atoms with E-state index in [0.717, 1.165) is 34.8 Å². The number of carbonyl (C=O) groups excluding carboxylic acids is 2. The summed E-state index contributed by atoms with van der Waals surface area (Å²) in [4.78, 5) is 34.0. The van der Waals surface area contributed by atoms with Gasteiger partial charge in [-0.1, -0.05) is 12.1 Å². The van der Waals surface area contributed by atoms with Crippen molar-refractivity contribution in [2.45, 2.75) is 30.7 Å². The van der Waals surface area contributed by atoms with Crippen LogP contribution < -0.4 is 5.32 Å². The van der Waals surface area contributed by atoms with Crippen molar-refractivity contribution in [2.24, 2.45) is 0 Å². The Kier molecular flexibility index (Phi) is 6.53. The Labute approximate surface area is 193 Å². The predicted octanol–water partition coefficient (Wildman–Crippen LogP) is 4.78. The maximum atomic E-state index is 12.7. The van der Waals surface area contributed by atoms with Gasteiger partial charge in [0.25, 0.3) is 5.91 Å². The average molecular weight is 465 g/mol. The first kappa shape index (κ1) is 22.0. The Morgan fingerprint density at radius 1 is 1.31 bits per heavy atom. The fourth-order valence-electron chi connectivity index (χ4n) is 3.20. The highest BCUT2D eigenvalue weighted by Gasteiger charge is 2.29. The lowest BCUT2D eigenvalue weighted by Gasteiger charge is -2.11. The van der Waals surface area contributed by atoms with Gasteiger partial charge < -0.3 is 10.1 Å². The molecule has 0 unspecified atom stereocenters. The van der Waals surface area contributed by atoms with E-state index in [9.17, 15) is 14.9 Å². The first-order chi connectivity index (χ1) is 15.5. The number of thiazole rings is 1. The van der Waals surface area contributed by atoms with Crippen molar-refractivity contribution in [1.29, 1.82) is 5.26 Å². The van der Waals surface area contributed by atoms with Gasteiger partial charge in [-0.3, -0.25) is 4.79 Å². The molecule has 1 aliphatic rings. The van der Waals surface area contributed by atoms with E-state index >= 15 is 0 Å². The van der Waals surface area contributed by atoms with Gasteiger partial charge in [0, 0.05) is 28.2 Å². The van der Waals surface area contributed by atoms with Gasteiger partial charge in [-0.05, 0) is 44.2 Å². The molecular weight excluding hydrogens is 444 g/mol. The molecule has 3 aromatic rings. The van der Waals surface area contributed by atoms with E-state index in [2.05, 4.69) is 15.3 Å². The molecule has 162 valence electrons. The molecule has 1 saturated carbocycles. The number of hydrogen-bond donors (Lipinski definition) is 1. The van der Waals surface area contributed by atoms with Gasteiger partial charge in [0.2, 0.25) is 0 Å². The molecule has 1 amide bonds. The minimum absolute atomic E-state index is 0.155. The van der Waals surface area contributed by atoms with Crippen molar-refractivity contribution in [1.82, 2.24) is 9.97 Å².